The quantitative estimate of drug-likeness (QED) is 0.662. The fraction of sp³-hybridized carbons (Fsp3) is 0.0625. The molecule has 3 N–H and O–H groups in total. The van der Waals surface area contributed by atoms with Gasteiger partial charge in [0.2, 0.25) is 0 Å². The van der Waals surface area contributed by atoms with Crippen molar-refractivity contribution < 1.29 is 26.3 Å². The molecule has 8 nitrogen and oxygen atoms in total. The van der Waals surface area contributed by atoms with Crippen molar-refractivity contribution in [2.75, 3.05) is 5.32 Å². The van der Waals surface area contributed by atoms with Crippen LogP contribution in [0.5, 0.6) is 5.75 Å². The topological polar surface area (TPSA) is 120 Å². The summed E-state index contributed by atoms with van der Waals surface area (Å²) in [5, 5.41) is 7.67. The van der Waals surface area contributed by atoms with E-state index < -0.39 is 16.4 Å². The zero-order chi connectivity index (χ0) is 20.4. The Kier molecular flexibility index (Phi) is 5.16. The fourth-order valence-electron chi connectivity index (χ4n) is 2.20. The number of hydrogen-bond donors (Lipinski definition) is 2. The van der Waals surface area contributed by atoms with Crippen LogP contribution >= 0.6 is 0 Å². The Bertz CT molecular complexity index is 1090. The molecule has 0 aliphatic carbocycles. The van der Waals surface area contributed by atoms with Crippen LogP contribution in [0.2, 0.25) is 0 Å². The lowest BCUT2D eigenvalue weighted by molar-refractivity contribution is -0.274. The molecule has 1 aromatic carbocycles. The number of halogens is 3. The SMILES string of the molecule is NS(=O)(=O)c1cc(-c2cc(Nc3ccc(OC(F)(F)F)cc3)ncn2)ccn1. The third-order valence-electron chi connectivity index (χ3n) is 3.35. The number of alkyl halides is 3. The number of benzene rings is 1. The Morgan fingerprint density at radius 3 is 2.36 bits per heavy atom. The molecule has 2 heterocycles. The summed E-state index contributed by atoms with van der Waals surface area (Å²) in [5.41, 5.74) is 1.29. The first-order valence-corrected chi connectivity index (χ1v) is 9.09. The minimum Gasteiger partial charge on any atom is -0.406 e. The van der Waals surface area contributed by atoms with Crippen molar-refractivity contribution in [3.05, 3.63) is 55.0 Å². The highest BCUT2D eigenvalue weighted by Crippen LogP contribution is 2.26. The Hall–Kier alpha value is -3.25. The summed E-state index contributed by atoms with van der Waals surface area (Å²) < 4.78 is 63.2. The van der Waals surface area contributed by atoms with E-state index >= 15 is 0 Å². The lowest BCUT2D eigenvalue weighted by Gasteiger charge is -2.10. The van der Waals surface area contributed by atoms with E-state index in [1.54, 1.807) is 6.07 Å². The monoisotopic (exact) mass is 411 g/mol. The second-order valence-electron chi connectivity index (χ2n) is 5.41. The zero-order valence-corrected chi connectivity index (χ0v) is 14.7. The molecule has 2 aromatic heterocycles. The van der Waals surface area contributed by atoms with Crippen LogP contribution < -0.4 is 15.2 Å². The van der Waals surface area contributed by atoms with Gasteiger partial charge >= 0.3 is 6.36 Å². The molecule has 0 saturated carbocycles. The highest BCUT2D eigenvalue weighted by Gasteiger charge is 2.30. The van der Waals surface area contributed by atoms with Crippen molar-refractivity contribution in [2.45, 2.75) is 11.4 Å². The van der Waals surface area contributed by atoms with Gasteiger partial charge in [0, 0.05) is 23.5 Å². The first kappa shape index (κ1) is 19.5. The summed E-state index contributed by atoms with van der Waals surface area (Å²) in [6, 6.07) is 9.41. The number of ether oxygens (including phenoxy) is 1. The van der Waals surface area contributed by atoms with Crippen LogP contribution in [-0.2, 0) is 10.0 Å². The van der Waals surface area contributed by atoms with Crippen LogP contribution in [0, 0.1) is 0 Å². The van der Waals surface area contributed by atoms with E-state index in [2.05, 4.69) is 25.0 Å². The van der Waals surface area contributed by atoms with Crippen LogP contribution in [0.25, 0.3) is 11.3 Å². The smallest absolute Gasteiger partial charge is 0.406 e. The van der Waals surface area contributed by atoms with Crippen LogP contribution in [0.15, 0.2) is 60.0 Å². The van der Waals surface area contributed by atoms with E-state index in [-0.39, 0.29) is 10.8 Å². The van der Waals surface area contributed by atoms with Crippen molar-refractivity contribution in [1.82, 2.24) is 15.0 Å². The largest absolute Gasteiger partial charge is 0.573 e. The van der Waals surface area contributed by atoms with Gasteiger partial charge in [-0.3, -0.25) is 0 Å². The van der Waals surface area contributed by atoms with E-state index in [0.717, 1.165) is 12.1 Å². The summed E-state index contributed by atoms with van der Waals surface area (Å²) in [5.74, 6) is -0.0165. The molecule has 0 fully saturated rings. The summed E-state index contributed by atoms with van der Waals surface area (Å²) in [4.78, 5) is 11.8. The number of sulfonamides is 1. The summed E-state index contributed by atoms with van der Waals surface area (Å²) in [7, 11) is -3.97. The van der Waals surface area contributed by atoms with Crippen molar-refractivity contribution in [1.29, 1.82) is 0 Å². The van der Waals surface area contributed by atoms with E-state index in [0.29, 0.717) is 22.8 Å². The molecular formula is C16H12F3N5O3S. The number of rotatable bonds is 5. The molecule has 0 bridgehead atoms. The molecule has 0 saturated heterocycles. The maximum Gasteiger partial charge on any atom is 0.573 e. The second kappa shape index (κ2) is 7.40. The number of hydrogen-bond acceptors (Lipinski definition) is 7. The Morgan fingerprint density at radius 1 is 1.00 bits per heavy atom. The molecule has 28 heavy (non-hydrogen) atoms. The van der Waals surface area contributed by atoms with Crippen LogP contribution in [0.3, 0.4) is 0 Å². The number of nitrogens with zero attached hydrogens (tertiary/aromatic N) is 3. The molecule has 0 unspecified atom stereocenters. The van der Waals surface area contributed by atoms with Crippen molar-refractivity contribution in [3.8, 4) is 17.0 Å². The number of primary sulfonamides is 1. The first-order valence-electron chi connectivity index (χ1n) is 7.54. The van der Waals surface area contributed by atoms with Gasteiger partial charge in [-0.05, 0) is 36.4 Å². The molecule has 3 rings (SSSR count). The third kappa shape index (κ3) is 5.14. The predicted molar refractivity (Wildman–Crippen MR) is 93.0 cm³/mol. The highest BCUT2D eigenvalue weighted by molar-refractivity contribution is 7.89. The number of aromatic nitrogens is 3. The van der Waals surface area contributed by atoms with Crippen LogP contribution in [0.1, 0.15) is 0 Å². The maximum absolute atomic E-state index is 12.2. The van der Waals surface area contributed by atoms with Gasteiger partial charge in [0.25, 0.3) is 10.0 Å². The molecule has 0 aliphatic heterocycles. The molecule has 12 heteroatoms. The lowest BCUT2D eigenvalue weighted by Crippen LogP contribution is -2.16. The van der Waals surface area contributed by atoms with Gasteiger partial charge in [-0.2, -0.15) is 0 Å². The van der Waals surface area contributed by atoms with Gasteiger partial charge in [-0.15, -0.1) is 13.2 Å². The summed E-state index contributed by atoms with van der Waals surface area (Å²) >= 11 is 0. The lowest BCUT2D eigenvalue weighted by atomic mass is 10.2. The highest BCUT2D eigenvalue weighted by atomic mass is 32.2. The minimum atomic E-state index is -4.77. The first-order chi connectivity index (χ1) is 13.1. The molecule has 0 radical (unpaired) electrons. The fourth-order valence-corrected chi connectivity index (χ4v) is 2.69. The zero-order valence-electron chi connectivity index (χ0n) is 13.9. The molecule has 146 valence electrons. The number of pyridine rings is 1. The van der Waals surface area contributed by atoms with Crippen LogP contribution in [-0.4, -0.2) is 29.7 Å². The average Bonchev–Trinajstić information content (AvgIpc) is 2.62. The molecule has 0 aliphatic rings. The van der Waals surface area contributed by atoms with Gasteiger partial charge < -0.3 is 10.1 Å². The standard InChI is InChI=1S/C16H12F3N5O3S/c17-16(18,19)27-12-3-1-11(2-4-12)24-14-8-13(22-9-23-14)10-5-6-21-15(7-10)28(20,25)26/h1-9H,(H2,20,25,26)(H,22,23,24). The molecule has 3 aromatic rings. The number of nitrogens with one attached hydrogen (secondary N) is 1. The minimum absolute atomic E-state index is 0.307. The van der Waals surface area contributed by atoms with E-state index in [9.17, 15) is 21.6 Å². The predicted octanol–water partition coefficient (Wildman–Crippen LogP) is 2.83. The van der Waals surface area contributed by atoms with Crippen LogP contribution in [0.4, 0.5) is 24.7 Å². The molecule has 0 amide bonds. The second-order valence-corrected chi connectivity index (χ2v) is 6.92. The summed E-state index contributed by atoms with van der Waals surface area (Å²) in [6.45, 7) is 0. The molecule has 0 atom stereocenters. The van der Waals surface area contributed by atoms with Gasteiger partial charge in [0.05, 0.1) is 5.69 Å². The molecular weight excluding hydrogens is 399 g/mol. The van der Waals surface area contributed by atoms with Crippen molar-refractivity contribution in [2.24, 2.45) is 5.14 Å². The maximum atomic E-state index is 12.2. The van der Waals surface area contributed by atoms with Gasteiger partial charge in [0.15, 0.2) is 5.03 Å². The Labute approximate surface area is 157 Å². The third-order valence-corrected chi connectivity index (χ3v) is 4.16. The molecule has 0 spiro atoms. The average molecular weight is 411 g/mol. The van der Waals surface area contributed by atoms with Gasteiger partial charge in [0.1, 0.15) is 17.9 Å². The van der Waals surface area contributed by atoms with E-state index in [4.69, 9.17) is 5.14 Å². The summed E-state index contributed by atoms with van der Waals surface area (Å²) in [6.07, 6.45) is -2.24. The Morgan fingerprint density at radius 2 is 1.71 bits per heavy atom. The number of anilines is 2. The normalized spacial score (nSPS) is 11.9. The van der Waals surface area contributed by atoms with Crippen molar-refractivity contribution >= 4 is 21.5 Å². The Balaban J connectivity index is 1.81. The van der Waals surface area contributed by atoms with E-state index in [1.807, 2.05) is 0 Å². The van der Waals surface area contributed by atoms with Gasteiger partial charge in [-0.25, -0.2) is 28.5 Å². The number of nitrogens with two attached hydrogens (primary N) is 1. The van der Waals surface area contributed by atoms with E-state index in [1.165, 1.54) is 36.8 Å². The van der Waals surface area contributed by atoms with Crippen molar-refractivity contribution in [3.63, 3.8) is 0 Å². The van der Waals surface area contributed by atoms with Gasteiger partial charge in [-0.1, -0.05) is 0 Å².